The van der Waals surface area contributed by atoms with Crippen LogP contribution in [0.1, 0.15) is 42.6 Å². The van der Waals surface area contributed by atoms with Gasteiger partial charge in [0.05, 0.1) is 28.0 Å². The second-order valence-corrected chi connectivity index (χ2v) is 10.9. The number of carbonyl (C=O) groups is 4. The third-order valence-electron chi connectivity index (χ3n) is 5.69. The number of carboxylic acid groups (broad SMARTS) is 1. The van der Waals surface area contributed by atoms with Gasteiger partial charge in [-0.05, 0) is 46.0 Å². The molecule has 0 radical (unpaired) electrons. The fraction of sp³-hybridized carbons (Fsp3) is 0.360. The van der Waals surface area contributed by atoms with E-state index >= 15 is 0 Å². The number of benzene rings is 2. The highest BCUT2D eigenvalue weighted by molar-refractivity contribution is 9.10. The lowest BCUT2D eigenvalue weighted by atomic mass is 9.74. The van der Waals surface area contributed by atoms with Gasteiger partial charge in [-0.15, -0.1) is 0 Å². The van der Waals surface area contributed by atoms with Crippen LogP contribution in [0, 0.1) is 5.92 Å². The monoisotopic (exact) mass is 626 g/mol. The summed E-state index contributed by atoms with van der Waals surface area (Å²) in [6.45, 7) is 3.82. The molecule has 1 aliphatic heterocycles. The number of aliphatic carboxylic acids is 1. The van der Waals surface area contributed by atoms with E-state index in [9.17, 15) is 19.2 Å². The minimum Gasteiger partial charge on any atom is -0.506 e. The Morgan fingerprint density at radius 1 is 1.11 bits per heavy atom. The largest absolute Gasteiger partial charge is 0.552 e. The third-order valence-corrected chi connectivity index (χ3v) is 7.20. The highest BCUT2D eigenvalue weighted by Crippen LogP contribution is 2.29. The zero-order valence-corrected chi connectivity index (χ0v) is 23.7. The maximum Gasteiger partial charge on any atom is 0.552 e. The van der Waals surface area contributed by atoms with Gasteiger partial charge in [0.1, 0.15) is 6.04 Å². The molecule has 2 unspecified atom stereocenters. The highest BCUT2D eigenvalue weighted by atomic mass is 79.9. The van der Waals surface area contributed by atoms with Gasteiger partial charge in [0.25, 0.3) is 5.91 Å². The van der Waals surface area contributed by atoms with Crippen molar-refractivity contribution in [3.8, 4) is 0 Å². The summed E-state index contributed by atoms with van der Waals surface area (Å²) in [4.78, 5) is 49.9. The van der Waals surface area contributed by atoms with E-state index in [0.717, 1.165) is 5.56 Å². The fourth-order valence-corrected chi connectivity index (χ4v) is 4.74. The van der Waals surface area contributed by atoms with E-state index in [1.54, 1.807) is 0 Å². The predicted molar refractivity (Wildman–Crippen MR) is 146 cm³/mol. The van der Waals surface area contributed by atoms with Crippen LogP contribution in [0.2, 0.25) is 10.0 Å². The molecule has 3 N–H and O–H groups in total. The Hall–Kier alpha value is -2.60. The molecule has 0 spiro atoms. The third kappa shape index (κ3) is 8.20. The van der Waals surface area contributed by atoms with Gasteiger partial charge in [-0.25, -0.2) is 0 Å². The first-order valence-electron chi connectivity index (χ1n) is 11.8. The summed E-state index contributed by atoms with van der Waals surface area (Å²) in [6, 6.07) is 11.0. The van der Waals surface area contributed by atoms with Crippen molar-refractivity contribution in [2.45, 2.75) is 51.2 Å². The van der Waals surface area contributed by atoms with Crippen molar-refractivity contribution in [3.63, 3.8) is 0 Å². The van der Waals surface area contributed by atoms with Crippen molar-refractivity contribution in [2.24, 2.45) is 5.92 Å². The highest BCUT2D eigenvalue weighted by Gasteiger charge is 2.47. The first kappa shape index (κ1) is 30.0. The number of hydrogen-bond acceptors (Lipinski definition) is 6. The van der Waals surface area contributed by atoms with Gasteiger partial charge in [0, 0.05) is 10.9 Å². The Morgan fingerprint density at radius 3 is 2.42 bits per heavy atom. The van der Waals surface area contributed by atoms with Crippen molar-refractivity contribution in [1.82, 2.24) is 10.6 Å². The molecule has 3 rings (SSSR count). The quantitative estimate of drug-likeness (QED) is 0.253. The molecule has 1 fully saturated rings. The first-order valence-corrected chi connectivity index (χ1v) is 13.4. The van der Waals surface area contributed by atoms with Crippen LogP contribution in [0.3, 0.4) is 0 Å². The van der Waals surface area contributed by atoms with E-state index in [4.69, 9.17) is 37.6 Å². The van der Waals surface area contributed by atoms with Gasteiger partial charge < -0.3 is 25.0 Å². The van der Waals surface area contributed by atoms with Crippen LogP contribution >= 0.6 is 39.1 Å². The topological polar surface area (TPSA) is 131 Å². The Balaban J connectivity index is 1.83. The number of halogens is 3. The smallest absolute Gasteiger partial charge is 0.506 e. The molecule has 38 heavy (non-hydrogen) atoms. The fourth-order valence-electron chi connectivity index (χ4n) is 3.92. The Kier molecular flexibility index (Phi) is 10.6. The molecule has 1 heterocycles. The second kappa shape index (κ2) is 13.5. The van der Waals surface area contributed by atoms with E-state index in [-0.39, 0.29) is 22.9 Å². The lowest BCUT2D eigenvalue weighted by Gasteiger charge is -2.25. The maximum atomic E-state index is 13.5. The van der Waals surface area contributed by atoms with Crippen LogP contribution in [0.25, 0.3) is 0 Å². The number of amides is 2. The van der Waals surface area contributed by atoms with Gasteiger partial charge >= 0.3 is 19.1 Å². The Morgan fingerprint density at radius 2 is 1.79 bits per heavy atom. The van der Waals surface area contributed by atoms with Crippen molar-refractivity contribution >= 4 is 70.0 Å². The Labute approximate surface area is 238 Å². The molecule has 3 atom stereocenters. The summed E-state index contributed by atoms with van der Waals surface area (Å²) in [5, 5.41) is 15.0. The zero-order chi connectivity index (χ0) is 28.0. The molecule has 1 saturated heterocycles. The Bertz CT molecular complexity index is 1200. The molecule has 2 aromatic rings. The molecule has 2 amide bonds. The van der Waals surface area contributed by atoms with Gasteiger partial charge in [0.15, 0.2) is 6.10 Å². The molecule has 2 aromatic carbocycles. The lowest BCUT2D eigenvalue weighted by Crippen LogP contribution is -2.55. The van der Waals surface area contributed by atoms with E-state index < -0.39 is 55.4 Å². The van der Waals surface area contributed by atoms with Crippen molar-refractivity contribution in [3.05, 3.63) is 68.1 Å². The minimum absolute atomic E-state index is 0.0634. The van der Waals surface area contributed by atoms with Crippen molar-refractivity contribution < 1.29 is 33.6 Å². The lowest BCUT2D eigenvalue weighted by molar-refractivity contribution is -0.145. The molecule has 202 valence electrons. The van der Waals surface area contributed by atoms with Crippen molar-refractivity contribution in [2.75, 3.05) is 0 Å². The zero-order valence-electron chi connectivity index (χ0n) is 20.6. The number of carbonyl (C=O) groups excluding carboxylic acids is 3. The summed E-state index contributed by atoms with van der Waals surface area (Å²) >= 11 is 15.6. The minimum atomic E-state index is -1.27. The van der Waals surface area contributed by atoms with Gasteiger partial charge in [-0.3, -0.25) is 19.2 Å². The maximum absolute atomic E-state index is 13.5. The molecule has 1 aliphatic rings. The van der Waals surface area contributed by atoms with Crippen LogP contribution in [0.5, 0.6) is 0 Å². The molecular formula is C25H26BBrCl2N2O7. The summed E-state index contributed by atoms with van der Waals surface area (Å²) in [5.41, 5.74) is 0.916. The van der Waals surface area contributed by atoms with Crippen molar-refractivity contribution in [1.29, 1.82) is 0 Å². The molecule has 13 heteroatoms. The molecule has 0 aromatic heterocycles. The summed E-state index contributed by atoms with van der Waals surface area (Å²) < 4.78 is 11.3. The van der Waals surface area contributed by atoms with Crippen LogP contribution in [-0.2, 0) is 30.1 Å². The average Bonchev–Trinajstić information content (AvgIpc) is 3.20. The van der Waals surface area contributed by atoms with E-state index in [1.165, 1.54) is 12.1 Å². The van der Waals surface area contributed by atoms with Crippen LogP contribution < -0.4 is 10.6 Å². The summed E-state index contributed by atoms with van der Waals surface area (Å²) in [7, 11) is -1.17. The van der Waals surface area contributed by atoms with Crippen LogP contribution in [0.15, 0.2) is 46.9 Å². The second-order valence-electron chi connectivity index (χ2n) is 9.23. The first-order chi connectivity index (χ1) is 17.9. The number of rotatable bonds is 11. The van der Waals surface area contributed by atoms with Gasteiger partial charge in [-0.2, -0.15) is 0 Å². The standard InChI is InChI=1S/C25H26BBrCl2N2O7/c1-13(2)8-21(26-37-20(12-22(32)33)25(36)38-26)31-24(35)19(9-14-6-4-3-5-7-14)30-23(34)15-10-16(27)18(29)11-17(15)28/h3-7,10-11,13,19-21H,8-9,12H2,1-2H3,(H,30,34)(H,31,35)(H,32,33)/t19?,20?,21-/m0/s1. The van der Waals surface area contributed by atoms with Gasteiger partial charge in [0.2, 0.25) is 5.91 Å². The van der Waals surface area contributed by atoms with E-state index in [2.05, 4.69) is 26.6 Å². The molecule has 0 saturated carbocycles. The number of hydrogen-bond donors (Lipinski definition) is 3. The predicted octanol–water partition coefficient (Wildman–Crippen LogP) is 4.07. The molecule has 9 nitrogen and oxygen atoms in total. The summed E-state index contributed by atoms with van der Waals surface area (Å²) in [6.07, 6.45) is -1.30. The number of carboxylic acids is 1. The van der Waals surface area contributed by atoms with E-state index in [1.807, 2.05) is 44.2 Å². The average molecular weight is 628 g/mol. The molecule has 0 bridgehead atoms. The van der Waals surface area contributed by atoms with E-state index in [0.29, 0.717) is 15.9 Å². The SMILES string of the molecule is CC(C)C[C@H](NC(=O)C(Cc1ccccc1)NC(=O)c1cc(Br)c(Cl)cc1Cl)B1OC(=O)C(CC(=O)O)O1. The van der Waals surface area contributed by atoms with Crippen LogP contribution in [0.4, 0.5) is 0 Å². The summed E-state index contributed by atoms with van der Waals surface area (Å²) in [5.74, 6) is -3.87. The molecule has 0 aliphatic carbocycles. The molecular weight excluding hydrogens is 602 g/mol. The normalized spacial score (nSPS) is 16.6. The van der Waals surface area contributed by atoms with Gasteiger partial charge in [-0.1, -0.05) is 67.4 Å². The number of nitrogens with one attached hydrogen (secondary N) is 2. The van der Waals surface area contributed by atoms with Crippen LogP contribution in [-0.4, -0.2) is 54.1 Å².